The fourth-order valence-corrected chi connectivity index (χ4v) is 3.10. The van der Waals surface area contributed by atoms with E-state index >= 15 is 0 Å². The lowest BCUT2D eigenvalue weighted by atomic mass is 9.93. The lowest BCUT2D eigenvalue weighted by Crippen LogP contribution is -2.28. The molecule has 2 aromatic rings. The molecule has 0 radical (unpaired) electrons. The van der Waals surface area contributed by atoms with E-state index in [0.29, 0.717) is 12.3 Å². The lowest BCUT2D eigenvalue weighted by molar-refractivity contribution is -0.116. The minimum absolute atomic E-state index is 0. The number of nitrogens with one attached hydrogen (secondary N) is 2. The number of anilines is 1. The molecule has 24 heavy (non-hydrogen) atoms. The maximum absolute atomic E-state index is 12.3. The number of halogens is 1. The first-order valence-corrected chi connectivity index (χ1v) is 8.34. The molecule has 0 saturated carbocycles. The summed E-state index contributed by atoms with van der Waals surface area (Å²) < 4.78 is 1.79. The van der Waals surface area contributed by atoms with Crippen molar-refractivity contribution in [2.75, 3.05) is 18.4 Å². The number of aryl methyl sites for hydroxylation is 1. The first-order valence-electron chi connectivity index (χ1n) is 8.34. The molecule has 6 heteroatoms. The first-order chi connectivity index (χ1) is 11.2. The second-order valence-corrected chi connectivity index (χ2v) is 6.19. The second kappa shape index (κ2) is 8.85. The van der Waals surface area contributed by atoms with Crippen LogP contribution < -0.4 is 10.6 Å². The van der Waals surface area contributed by atoms with E-state index in [1.165, 1.54) is 12.8 Å². The molecule has 0 spiro atoms. The van der Waals surface area contributed by atoms with Crippen molar-refractivity contribution in [3.05, 3.63) is 42.1 Å². The smallest absolute Gasteiger partial charge is 0.225 e. The number of nitrogens with zero attached hydrogens (tertiary/aromatic N) is 2. The predicted octanol–water partition coefficient (Wildman–Crippen LogP) is 3.32. The summed E-state index contributed by atoms with van der Waals surface area (Å²) in [6.07, 6.45) is 5.60. The van der Waals surface area contributed by atoms with Crippen LogP contribution in [0.2, 0.25) is 0 Å². The zero-order valence-corrected chi connectivity index (χ0v) is 14.8. The third-order valence-electron chi connectivity index (χ3n) is 4.49. The van der Waals surface area contributed by atoms with Gasteiger partial charge < -0.3 is 10.6 Å². The molecule has 2 N–H and O–H groups in total. The molecule has 1 fully saturated rings. The number of carbonyl (C=O) groups is 1. The quantitative estimate of drug-likeness (QED) is 0.871. The van der Waals surface area contributed by atoms with E-state index in [4.69, 9.17) is 0 Å². The number of rotatable bonds is 5. The fourth-order valence-electron chi connectivity index (χ4n) is 3.10. The molecule has 0 aliphatic carbocycles. The van der Waals surface area contributed by atoms with Crippen LogP contribution in [0.25, 0.3) is 5.69 Å². The van der Waals surface area contributed by atoms with Crippen LogP contribution in [0.15, 0.2) is 36.5 Å². The number of hydrogen-bond donors (Lipinski definition) is 2. The summed E-state index contributed by atoms with van der Waals surface area (Å²) in [4.78, 5) is 12.3. The van der Waals surface area contributed by atoms with Gasteiger partial charge in [-0.2, -0.15) is 5.10 Å². The average Bonchev–Trinajstić information content (AvgIpc) is 3.02. The van der Waals surface area contributed by atoms with Crippen LogP contribution in [0.1, 0.15) is 31.2 Å². The van der Waals surface area contributed by atoms with Crippen molar-refractivity contribution in [2.24, 2.45) is 5.92 Å². The summed E-state index contributed by atoms with van der Waals surface area (Å²) in [5.74, 6) is 1.47. The zero-order valence-electron chi connectivity index (χ0n) is 14.0. The molecule has 1 aromatic carbocycles. The van der Waals surface area contributed by atoms with Crippen molar-refractivity contribution in [1.29, 1.82) is 0 Å². The molecule has 0 bridgehead atoms. The summed E-state index contributed by atoms with van der Waals surface area (Å²) >= 11 is 0. The molecule has 5 nitrogen and oxygen atoms in total. The molecule has 1 aromatic heterocycles. The topological polar surface area (TPSA) is 59.0 Å². The van der Waals surface area contributed by atoms with Gasteiger partial charge in [-0.3, -0.25) is 4.79 Å². The Morgan fingerprint density at radius 2 is 2.04 bits per heavy atom. The van der Waals surface area contributed by atoms with Gasteiger partial charge in [0.05, 0.1) is 11.9 Å². The number of piperidine rings is 1. The van der Waals surface area contributed by atoms with Crippen molar-refractivity contribution in [3.8, 4) is 5.69 Å². The Hall–Kier alpha value is -1.85. The minimum atomic E-state index is 0. The Morgan fingerprint density at radius 3 is 2.79 bits per heavy atom. The maximum atomic E-state index is 12.3. The number of carbonyl (C=O) groups excluding carboxylic acids is 1. The van der Waals surface area contributed by atoms with Crippen molar-refractivity contribution in [3.63, 3.8) is 0 Å². The number of hydrogen-bond acceptors (Lipinski definition) is 3. The van der Waals surface area contributed by atoms with E-state index < -0.39 is 0 Å². The molecular weight excluding hydrogens is 324 g/mol. The van der Waals surface area contributed by atoms with Crippen molar-refractivity contribution in [2.45, 2.75) is 32.6 Å². The van der Waals surface area contributed by atoms with Gasteiger partial charge in [-0.1, -0.05) is 18.2 Å². The van der Waals surface area contributed by atoms with Crippen LogP contribution in [-0.2, 0) is 4.79 Å². The Morgan fingerprint density at radius 1 is 1.29 bits per heavy atom. The Bertz CT molecular complexity index is 665. The van der Waals surface area contributed by atoms with Gasteiger partial charge in [0.1, 0.15) is 5.82 Å². The predicted molar refractivity (Wildman–Crippen MR) is 99.0 cm³/mol. The van der Waals surface area contributed by atoms with E-state index in [2.05, 4.69) is 15.7 Å². The molecule has 1 saturated heterocycles. The van der Waals surface area contributed by atoms with E-state index in [1.54, 1.807) is 10.9 Å². The van der Waals surface area contributed by atoms with E-state index in [1.807, 2.05) is 37.3 Å². The highest BCUT2D eigenvalue weighted by atomic mass is 35.5. The monoisotopic (exact) mass is 348 g/mol. The average molecular weight is 349 g/mol. The molecule has 2 heterocycles. The zero-order chi connectivity index (χ0) is 16.1. The van der Waals surface area contributed by atoms with Crippen molar-refractivity contribution < 1.29 is 4.79 Å². The molecule has 1 aliphatic heterocycles. The van der Waals surface area contributed by atoms with Crippen LogP contribution in [-0.4, -0.2) is 28.8 Å². The van der Waals surface area contributed by atoms with Gasteiger partial charge >= 0.3 is 0 Å². The molecule has 3 rings (SSSR count). The van der Waals surface area contributed by atoms with Crippen LogP contribution in [0, 0.1) is 12.8 Å². The first kappa shape index (κ1) is 18.5. The normalized spacial score (nSPS) is 14.9. The fraction of sp³-hybridized carbons (Fsp3) is 0.444. The van der Waals surface area contributed by atoms with Crippen LogP contribution in [0.3, 0.4) is 0 Å². The SMILES string of the molecule is Cc1ccccc1-n1nccc1NC(=O)CCC1CCNCC1.Cl. The number of amides is 1. The van der Waals surface area contributed by atoms with E-state index in [-0.39, 0.29) is 18.3 Å². The van der Waals surface area contributed by atoms with Crippen molar-refractivity contribution >= 4 is 24.1 Å². The van der Waals surface area contributed by atoms with Crippen LogP contribution in [0.4, 0.5) is 5.82 Å². The lowest BCUT2D eigenvalue weighted by Gasteiger charge is -2.22. The van der Waals surface area contributed by atoms with Crippen molar-refractivity contribution in [1.82, 2.24) is 15.1 Å². The molecule has 0 unspecified atom stereocenters. The number of para-hydroxylation sites is 1. The third-order valence-corrected chi connectivity index (χ3v) is 4.49. The minimum Gasteiger partial charge on any atom is -0.317 e. The Labute approximate surface area is 149 Å². The van der Waals surface area contributed by atoms with Gasteiger partial charge in [-0.15, -0.1) is 12.4 Å². The van der Waals surface area contributed by atoms with Gasteiger partial charge in [0.2, 0.25) is 5.91 Å². The number of benzene rings is 1. The Kier molecular flexibility index (Phi) is 6.82. The standard InChI is InChI=1S/C18H24N4O.ClH/c1-14-4-2-3-5-16(14)22-17(10-13-20-22)21-18(23)7-6-15-8-11-19-12-9-15;/h2-5,10,13,15,19H,6-9,11-12H2,1H3,(H,21,23);1H. The Balaban J connectivity index is 0.00000208. The largest absolute Gasteiger partial charge is 0.317 e. The maximum Gasteiger partial charge on any atom is 0.225 e. The van der Waals surface area contributed by atoms with E-state index in [9.17, 15) is 4.79 Å². The van der Waals surface area contributed by atoms with Crippen LogP contribution >= 0.6 is 12.4 Å². The van der Waals surface area contributed by atoms with Gasteiger partial charge in [-0.25, -0.2) is 4.68 Å². The molecular formula is C18H25ClN4O. The van der Waals surface area contributed by atoms with E-state index in [0.717, 1.165) is 36.6 Å². The summed E-state index contributed by atoms with van der Waals surface area (Å²) in [5, 5.41) is 10.7. The molecule has 0 atom stereocenters. The summed E-state index contributed by atoms with van der Waals surface area (Å²) in [5.41, 5.74) is 2.12. The van der Waals surface area contributed by atoms with Gasteiger partial charge in [-0.05, 0) is 56.8 Å². The van der Waals surface area contributed by atoms with Gasteiger partial charge in [0, 0.05) is 12.5 Å². The third kappa shape index (κ3) is 4.58. The van der Waals surface area contributed by atoms with Gasteiger partial charge in [0.25, 0.3) is 0 Å². The van der Waals surface area contributed by atoms with Crippen LogP contribution in [0.5, 0.6) is 0 Å². The van der Waals surface area contributed by atoms with Gasteiger partial charge in [0.15, 0.2) is 0 Å². The summed E-state index contributed by atoms with van der Waals surface area (Å²) in [7, 11) is 0. The molecule has 1 aliphatic rings. The highest BCUT2D eigenvalue weighted by molar-refractivity contribution is 5.90. The summed E-state index contributed by atoms with van der Waals surface area (Å²) in [6, 6.07) is 9.87. The molecule has 130 valence electrons. The highest BCUT2D eigenvalue weighted by Gasteiger charge is 2.15. The molecule has 1 amide bonds. The second-order valence-electron chi connectivity index (χ2n) is 6.19. The summed E-state index contributed by atoms with van der Waals surface area (Å²) in [6.45, 7) is 4.19. The number of aromatic nitrogens is 2. The highest BCUT2D eigenvalue weighted by Crippen LogP contribution is 2.20.